The molecule has 4 heteroatoms. The molecule has 0 saturated carbocycles. The summed E-state index contributed by atoms with van der Waals surface area (Å²) in [4.78, 5) is 0.654. The summed E-state index contributed by atoms with van der Waals surface area (Å²) < 4.78 is 14.1. The van der Waals surface area contributed by atoms with Crippen LogP contribution in [0.5, 0.6) is 0 Å². The Bertz CT molecular complexity index is 791. The van der Waals surface area contributed by atoms with Crippen LogP contribution in [0.25, 0.3) is 0 Å². The van der Waals surface area contributed by atoms with Crippen LogP contribution in [0, 0.1) is 6.92 Å². The van der Waals surface area contributed by atoms with Crippen LogP contribution in [0.1, 0.15) is 5.56 Å². The third kappa shape index (κ3) is 3.47. The van der Waals surface area contributed by atoms with Crippen LogP contribution in [-0.2, 0) is 17.2 Å². The molecule has 0 aliphatic heterocycles. The van der Waals surface area contributed by atoms with Crippen molar-refractivity contribution < 1.29 is 23.4 Å². The second-order valence-electron chi connectivity index (χ2n) is 5.25. The van der Waals surface area contributed by atoms with Crippen LogP contribution in [0.15, 0.2) is 83.8 Å². The molecule has 0 N–H and O–H groups in total. The molecule has 0 spiro atoms. The number of aryl methyl sites for hydroxylation is 1. The van der Waals surface area contributed by atoms with E-state index in [2.05, 4.69) is 0 Å². The molecule has 110 valence electrons. The summed E-state index contributed by atoms with van der Waals surface area (Å²) in [5.41, 5.74) is 1.07. The molecule has 0 heterocycles. The maximum atomic E-state index is 14.1. The van der Waals surface area contributed by atoms with E-state index in [4.69, 9.17) is 12.6 Å². The van der Waals surface area contributed by atoms with Gasteiger partial charge in [0.1, 0.15) is 0 Å². The largest absolute Gasteiger partial charge is 1.00 e. The zero-order valence-corrected chi connectivity index (χ0v) is 15.0. The first-order chi connectivity index (χ1) is 10.6. The average molecular weight is 330 g/mol. The smallest absolute Gasteiger partial charge is 0.779 e. The number of hydrogen-bond acceptors (Lipinski definition) is 2. The summed E-state index contributed by atoms with van der Waals surface area (Å²) in [6.45, 7) is 2.00. The predicted octanol–water partition coefficient (Wildman–Crippen LogP) is 0.544. The van der Waals surface area contributed by atoms with E-state index < -0.39 is 7.14 Å². The summed E-state index contributed by atoms with van der Waals surface area (Å²) in [6, 6.07) is 25.0. The topological polar surface area (TPSA) is 17.1 Å². The first-order valence-corrected chi connectivity index (χ1v) is 9.23. The molecule has 0 aliphatic carbocycles. The van der Waals surface area contributed by atoms with Crippen molar-refractivity contribution >= 4 is 35.7 Å². The van der Waals surface area contributed by atoms with E-state index >= 15 is 0 Å². The molecular weight excluding hydrogens is 314 g/mol. The monoisotopic (exact) mass is 330 g/mol. The van der Waals surface area contributed by atoms with Gasteiger partial charge in [0.15, 0.2) is 7.14 Å². The van der Waals surface area contributed by atoms with Gasteiger partial charge in [-0.25, -0.2) is 0 Å². The van der Waals surface area contributed by atoms with Crippen LogP contribution in [0.3, 0.4) is 0 Å². The normalized spacial score (nSPS) is 10.8. The summed E-state index contributed by atoms with van der Waals surface area (Å²) in [7, 11) is -2.95. The minimum atomic E-state index is -2.95. The van der Waals surface area contributed by atoms with Gasteiger partial charge in [0, 0.05) is 15.9 Å². The molecule has 3 rings (SSSR count). The molecule has 0 aromatic heterocycles. The Labute approximate surface area is 155 Å². The van der Waals surface area contributed by atoms with Crippen LogP contribution < -0.4 is 34.8 Å². The van der Waals surface area contributed by atoms with Crippen molar-refractivity contribution in [2.24, 2.45) is 0 Å². The SMILES string of the molecule is Cc1ccc([S-])c(P(=O)(c2ccccc2)c2ccccc2)c1.[Li+]. The molecule has 23 heavy (non-hydrogen) atoms. The van der Waals surface area contributed by atoms with E-state index in [1.54, 1.807) is 0 Å². The molecule has 0 radical (unpaired) electrons. The molecule has 0 unspecified atom stereocenters. The zero-order chi connectivity index (χ0) is 15.6. The standard InChI is InChI=1S/C19H17OPS.Li/c1-15-12-13-19(22)18(14-15)21(20,16-8-4-2-5-9-16)17-10-6-3-7-11-17;/h2-14,22H,1H3;/q;+1/p-1. The Kier molecular flexibility index (Phi) is 5.90. The van der Waals surface area contributed by atoms with Crippen molar-refractivity contribution in [3.63, 3.8) is 0 Å². The first-order valence-electron chi connectivity index (χ1n) is 7.12. The van der Waals surface area contributed by atoms with Crippen LogP contribution in [0.4, 0.5) is 0 Å². The fraction of sp³-hybridized carbons (Fsp3) is 0.0526. The van der Waals surface area contributed by atoms with Gasteiger partial charge in [0.25, 0.3) is 0 Å². The predicted molar refractivity (Wildman–Crippen MR) is 96.2 cm³/mol. The maximum Gasteiger partial charge on any atom is 1.00 e. The van der Waals surface area contributed by atoms with Gasteiger partial charge < -0.3 is 17.2 Å². The average Bonchev–Trinajstić information content (AvgIpc) is 2.58. The van der Waals surface area contributed by atoms with Crippen molar-refractivity contribution in [3.05, 3.63) is 84.4 Å². The second kappa shape index (κ2) is 7.52. The van der Waals surface area contributed by atoms with Gasteiger partial charge in [0.2, 0.25) is 0 Å². The van der Waals surface area contributed by atoms with Gasteiger partial charge in [-0.05, 0) is 13.0 Å². The van der Waals surface area contributed by atoms with Crippen molar-refractivity contribution in [1.29, 1.82) is 0 Å². The van der Waals surface area contributed by atoms with Crippen LogP contribution >= 0.6 is 7.14 Å². The van der Waals surface area contributed by atoms with Gasteiger partial charge in [-0.2, -0.15) is 4.90 Å². The number of hydrogen-bond donors (Lipinski definition) is 0. The van der Waals surface area contributed by atoms with E-state index in [1.807, 2.05) is 85.8 Å². The number of rotatable bonds is 3. The molecule has 1 nitrogen and oxygen atoms in total. The van der Waals surface area contributed by atoms with E-state index in [-0.39, 0.29) is 18.9 Å². The molecule has 3 aromatic rings. The Hall–Kier alpha value is -1.29. The molecular formula is C19H16LiOPS. The minimum absolute atomic E-state index is 0. The maximum absolute atomic E-state index is 14.1. The Balaban J connectivity index is 0.00000192. The van der Waals surface area contributed by atoms with Crippen molar-refractivity contribution in [1.82, 2.24) is 0 Å². The molecule has 0 atom stereocenters. The van der Waals surface area contributed by atoms with E-state index in [9.17, 15) is 4.57 Å². The van der Waals surface area contributed by atoms with E-state index in [1.165, 1.54) is 0 Å². The fourth-order valence-electron chi connectivity index (χ4n) is 2.58. The molecule has 3 aromatic carbocycles. The molecule has 0 bridgehead atoms. The Morgan fingerprint density at radius 3 is 1.74 bits per heavy atom. The fourth-order valence-corrected chi connectivity index (χ4v) is 5.90. The molecule has 0 amide bonds. The van der Waals surface area contributed by atoms with Crippen molar-refractivity contribution in [2.45, 2.75) is 11.8 Å². The van der Waals surface area contributed by atoms with E-state index in [0.29, 0.717) is 4.90 Å². The summed E-state index contributed by atoms with van der Waals surface area (Å²) in [5, 5.41) is 2.38. The molecule has 0 saturated heterocycles. The minimum Gasteiger partial charge on any atom is -0.779 e. The quantitative estimate of drug-likeness (QED) is 0.396. The third-order valence-electron chi connectivity index (χ3n) is 3.69. The van der Waals surface area contributed by atoms with Crippen LogP contribution in [0.2, 0.25) is 0 Å². The van der Waals surface area contributed by atoms with Crippen LogP contribution in [-0.4, -0.2) is 0 Å². The van der Waals surface area contributed by atoms with Crippen molar-refractivity contribution in [2.75, 3.05) is 0 Å². The summed E-state index contributed by atoms with van der Waals surface area (Å²) >= 11 is 5.49. The van der Waals surface area contributed by atoms with Gasteiger partial charge in [-0.1, -0.05) is 78.4 Å². The molecule has 0 fully saturated rings. The second-order valence-corrected chi connectivity index (χ2v) is 8.42. The van der Waals surface area contributed by atoms with Gasteiger partial charge in [-0.15, -0.1) is 0 Å². The van der Waals surface area contributed by atoms with Gasteiger partial charge in [0.05, 0.1) is 0 Å². The van der Waals surface area contributed by atoms with Crippen molar-refractivity contribution in [3.8, 4) is 0 Å². The zero-order valence-electron chi connectivity index (χ0n) is 13.3. The summed E-state index contributed by atoms with van der Waals surface area (Å²) in [5.74, 6) is 0. The number of benzene rings is 3. The third-order valence-corrected chi connectivity index (χ3v) is 7.30. The Morgan fingerprint density at radius 2 is 1.26 bits per heavy atom. The van der Waals surface area contributed by atoms with Gasteiger partial charge in [-0.3, -0.25) is 0 Å². The van der Waals surface area contributed by atoms with E-state index in [0.717, 1.165) is 21.5 Å². The van der Waals surface area contributed by atoms with Gasteiger partial charge >= 0.3 is 18.9 Å². The Morgan fingerprint density at radius 1 is 0.783 bits per heavy atom. The molecule has 0 aliphatic rings. The first kappa shape index (κ1) is 18.1. The summed E-state index contributed by atoms with van der Waals surface area (Å²) in [6.07, 6.45) is 0.